The van der Waals surface area contributed by atoms with Gasteiger partial charge in [0, 0.05) is 35.8 Å². The van der Waals surface area contributed by atoms with Crippen LogP contribution < -0.4 is 15.4 Å². The number of fused-ring (bicyclic) bond motifs is 1. The molecule has 3 N–H and O–H groups in total. The Morgan fingerprint density at radius 2 is 1.78 bits per heavy atom. The molecule has 1 fully saturated rings. The van der Waals surface area contributed by atoms with Crippen LogP contribution in [-0.2, 0) is 14.8 Å². The summed E-state index contributed by atoms with van der Waals surface area (Å²) in [5.74, 6) is -0.779. The number of aryl methyl sites for hydroxylation is 2. The third-order valence-electron chi connectivity index (χ3n) is 5.46. The number of sulfonamides is 1. The first-order chi connectivity index (χ1) is 15.1. The van der Waals surface area contributed by atoms with Crippen molar-refractivity contribution >= 4 is 38.4 Å². The molecule has 0 unspecified atom stereocenters. The quantitative estimate of drug-likeness (QED) is 0.537. The molecule has 9 nitrogen and oxygen atoms in total. The largest absolute Gasteiger partial charge is 0.324 e. The highest BCUT2D eigenvalue weighted by atomic mass is 32.2. The molecule has 0 atom stereocenters. The van der Waals surface area contributed by atoms with Crippen molar-refractivity contribution in [1.82, 2.24) is 20.0 Å². The second kappa shape index (κ2) is 8.29. The zero-order valence-corrected chi connectivity index (χ0v) is 18.7. The second-order valence-electron chi connectivity index (χ2n) is 7.90. The fraction of sp³-hybridized carbons (Fsp3) is 0.273. The first-order valence-corrected chi connectivity index (χ1v) is 11.9. The number of carbonyl (C=O) groups excluding carboxylic acids is 2. The summed E-state index contributed by atoms with van der Waals surface area (Å²) in [4.78, 5) is 33.5. The van der Waals surface area contributed by atoms with Gasteiger partial charge in [0.25, 0.3) is 5.91 Å². The Labute approximate surface area is 185 Å². The number of hydrogen-bond donors (Lipinski definition) is 3. The molecule has 10 heteroatoms. The summed E-state index contributed by atoms with van der Waals surface area (Å²) in [6, 6.07) is 6.56. The van der Waals surface area contributed by atoms with Crippen LogP contribution in [0.5, 0.6) is 0 Å². The van der Waals surface area contributed by atoms with Crippen LogP contribution in [0.4, 0.5) is 5.69 Å². The summed E-state index contributed by atoms with van der Waals surface area (Å²) in [5.41, 5.74) is 4.77. The summed E-state index contributed by atoms with van der Waals surface area (Å²) in [6.45, 7) is 5.12. The fourth-order valence-corrected chi connectivity index (χ4v) is 4.15. The zero-order valence-electron chi connectivity index (χ0n) is 17.9. The van der Waals surface area contributed by atoms with Crippen molar-refractivity contribution in [3.8, 4) is 11.1 Å². The highest BCUT2D eigenvalue weighted by molar-refractivity contribution is 7.89. The van der Waals surface area contributed by atoms with Gasteiger partial charge in [-0.15, -0.1) is 0 Å². The van der Waals surface area contributed by atoms with Crippen molar-refractivity contribution in [2.45, 2.75) is 13.8 Å². The van der Waals surface area contributed by atoms with E-state index in [2.05, 4.69) is 20.6 Å². The number of anilines is 1. The maximum absolute atomic E-state index is 12.5. The van der Waals surface area contributed by atoms with Gasteiger partial charge < -0.3 is 10.6 Å². The lowest BCUT2D eigenvalue weighted by Crippen LogP contribution is -2.48. The molecule has 0 radical (unpaired) electrons. The van der Waals surface area contributed by atoms with Crippen molar-refractivity contribution in [3.05, 3.63) is 53.5 Å². The molecule has 4 rings (SSSR count). The third-order valence-corrected chi connectivity index (χ3v) is 6.02. The molecule has 0 saturated carbocycles. The number of aromatic nitrogens is 2. The van der Waals surface area contributed by atoms with Crippen LogP contribution in [-0.4, -0.2) is 49.5 Å². The van der Waals surface area contributed by atoms with E-state index in [-0.39, 0.29) is 17.4 Å². The van der Waals surface area contributed by atoms with E-state index in [0.717, 1.165) is 28.3 Å². The maximum atomic E-state index is 12.5. The Kier molecular flexibility index (Phi) is 5.66. The predicted molar refractivity (Wildman–Crippen MR) is 122 cm³/mol. The van der Waals surface area contributed by atoms with Gasteiger partial charge in [-0.05, 0) is 37.1 Å². The van der Waals surface area contributed by atoms with E-state index < -0.39 is 15.9 Å². The van der Waals surface area contributed by atoms with Crippen LogP contribution >= 0.6 is 0 Å². The third kappa shape index (κ3) is 4.32. The van der Waals surface area contributed by atoms with Gasteiger partial charge in [0.15, 0.2) is 0 Å². The smallest absolute Gasteiger partial charge is 0.264 e. The number of hydrogen-bond acceptors (Lipinski definition) is 7. The topological polar surface area (TPSA) is 130 Å². The Hall–Kier alpha value is -3.37. The van der Waals surface area contributed by atoms with E-state index in [1.54, 1.807) is 36.7 Å². The molecule has 0 aliphatic carbocycles. The lowest BCUT2D eigenvalue weighted by molar-refractivity contribution is -0.121. The number of nitrogens with zero attached hydrogens (tertiary/aromatic N) is 2. The van der Waals surface area contributed by atoms with E-state index in [1.165, 1.54) is 0 Å². The molecule has 0 bridgehead atoms. The van der Waals surface area contributed by atoms with E-state index in [1.807, 2.05) is 18.6 Å². The van der Waals surface area contributed by atoms with Crippen LogP contribution in [0, 0.1) is 19.8 Å². The highest BCUT2D eigenvalue weighted by Gasteiger charge is 2.26. The molecule has 2 aromatic heterocycles. The van der Waals surface area contributed by atoms with Gasteiger partial charge in [-0.2, -0.15) is 0 Å². The Morgan fingerprint density at radius 3 is 2.38 bits per heavy atom. The Balaban J connectivity index is 1.73. The summed E-state index contributed by atoms with van der Waals surface area (Å²) >= 11 is 0. The first kappa shape index (κ1) is 21.8. The average molecular weight is 454 g/mol. The van der Waals surface area contributed by atoms with Crippen LogP contribution in [0.25, 0.3) is 22.0 Å². The van der Waals surface area contributed by atoms with Crippen LogP contribution in [0.3, 0.4) is 0 Å². The molecule has 3 aromatic rings. The minimum absolute atomic E-state index is 0.0343. The average Bonchev–Trinajstić information content (AvgIpc) is 2.68. The molecule has 1 aromatic carbocycles. The molecular formula is C22H23N5O4S. The number of pyridine rings is 2. The van der Waals surface area contributed by atoms with E-state index >= 15 is 0 Å². The Bertz CT molecular complexity index is 1330. The lowest BCUT2D eigenvalue weighted by Gasteiger charge is -2.26. The molecular weight excluding hydrogens is 430 g/mol. The number of nitrogens with one attached hydrogen (secondary N) is 3. The fourth-order valence-electron chi connectivity index (χ4n) is 3.69. The molecule has 2 amide bonds. The van der Waals surface area contributed by atoms with Gasteiger partial charge in [-0.1, -0.05) is 12.1 Å². The monoisotopic (exact) mass is 453 g/mol. The van der Waals surface area contributed by atoms with Gasteiger partial charge in [-0.3, -0.25) is 14.6 Å². The molecule has 3 heterocycles. The number of rotatable bonds is 5. The summed E-state index contributed by atoms with van der Waals surface area (Å²) in [5, 5.41) is 6.97. The van der Waals surface area contributed by atoms with E-state index in [9.17, 15) is 18.0 Å². The van der Waals surface area contributed by atoms with Gasteiger partial charge in [0.1, 0.15) is 0 Å². The molecule has 32 heavy (non-hydrogen) atoms. The van der Waals surface area contributed by atoms with E-state index in [0.29, 0.717) is 30.0 Å². The molecule has 0 spiro atoms. The first-order valence-electron chi connectivity index (χ1n) is 10.0. The van der Waals surface area contributed by atoms with Gasteiger partial charge in [0.2, 0.25) is 15.9 Å². The minimum atomic E-state index is -3.65. The SMILES string of the molecule is Cc1nc2cncc(-c3ccc(C(=O)NS(C)(=O)=O)cc3)c2c(C)c1NC(=O)C1CNC1. The van der Waals surface area contributed by atoms with Crippen molar-refractivity contribution in [1.29, 1.82) is 0 Å². The minimum Gasteiger partial charge on any atom is -0.324 e. The maximum Gasteiger partial charge on any atom is 0.264 e. The number of carbonyl (C=O) groups is 2. The number of benzene rings is 1. The molecule has 1 aliphatic heterocycles. The number of amides is 2. The highest BCUT2D eigenvalue weighted by Crippen LogP contribution is 2.34. The second-order valence-corrected chi connectivity index (χ2v) is 9.65. The normalized spacial score (nSPS) is 14.1. The van der Waals surface area contributed by atoms with Crippen molar-refractivity contribution in [2.75, 3.05) is 24.7 Å². The van der Waals surface area contributed by atoms with Crippen molar-refractivity contribution < 1.29 is 18.0 Å². The van der Waals surface area contributed by atoms with Crippen LogP contribution in [0.1, 0.15) is 21.6 Å². The van der Waals surface area contributed by atoms with Crippen molar-refractivity contribution in [3.63, 3.8) is 0 Å². The van der Waals surface area contributed by atoms with Gasteiger partial charge in [-0.25, -0.2) is 18.1 Å². The van der Waals surface area contributed by atoms with Crippen LogP contribution in [0.2, 0.25) is 0 Å². The van der Waals surface area contributed by atoms with Gasteiger partial charge >= 0.3 is 0 Å². The summed E-state index contributed by atoms with van der Waals surface area (Å²) in [7, 11) is -3.65. The standard InChI is InChI=1S/C22H23N5O4S/c1-12-19-17(14-4-6-15(7-5-14)22(29)27-32(3,30)31)10-24-11-18(19)25-13(2)20(12)26-21(28)16-8-23-9-16/h4-7,10-11,16,23H,8-9H2,1-3H3,(H,26,28)(H,27,29). The van der Waals surface area contributed by atoms with E-state index in [4.69, 9.17) is 0 Å². The molecule has 1 saturated heterocycles. The van der Waals surface area contributed by atoms with Crippen molar-refractivity contribution in [2.24, 2.45) is 5.92 Å². The van der Waals surface area contributed by atoms with Gasteiger partial charge in [0.05, 0.1) is 35.3 Å². The zero-order chi connectivity index (χ0) is 23.0. The predicted octanol–water partition coefficient (Wildman–Crippen LogP) is 1.76. The molecule has 1 aliphatic rings. The summed E-state index contributed by atoms with van der Waals surface area (Å²) < 4.78 is 24.6. The lowest BCUT2D eigenvalue weighted by atomic mass is 9.97. The summed E-state index contributed by atoms with van der Waals surface area (Å²) in [6.07, 6.45) is 4.31. The molecule has 166 valence electrons. The Morgan fingerprint density at radius 1 is 1.09 bits per heavy atom. The van der Waals surface area contributed by atoms with Crippen LogP contribution in [0.15, 0.2) is 36.7 Å².